The third-order valence-electron chi connectivity index (χ3n) is 2.86. The molecule has 5 nitrogen and oxygen atoms in total. The van der Waals surface area contributed by atoms with E-state index in [1.807, 2.05) is 0 Å². The van der Waals surface area contributed by atoms with Crippen LogP contribution >= 0.6 is 0 Å². The quantitative estimate of drug-likeness (QED) is 0.639. The molecular weight excluding hydrogens is 196 g/mol. The highest BCUT2D eigenvalue weighted by Crippen LogP contribution is 2.30. The van der Waals surface area contributed by atoms with Crippen molar-refractivity contribution in [2.45, 2.75) is 30.9 Å². The Bertz CT molecular complexity index is 229. The lowest BCUT2D eigenvalue weighted by atomic mass is 9.76. The number of amides is 1. The molecule has 1 unspecified atom stereocenters. The molecule has 1 rings (SSSR count). The van der Waals surface area contributed by atoms with Gasteiger partial charge < -0.3 is 20.5 Å². The van der Waals surface area contributed by atoms with Crippen molar-refractivity contribution in [2.75, 3.05) is 27.3 Å². The number of nitrogens with zero attached hydrogens (tertiary/aromatic N) is 1. The van der Waals surface area contributed by atoms with Crippen molar-refractivity contribution in [1.29, 1.82) is 0 Å². The fraction of sp³-hybridized carbons (Fsp3) is 0.900. The first-order valence-corrected chi connectivity index (χ1v) is 5.21. The molecule has 5 heteroatoms. The number of rotatable bonds is 5. The molecule has 1 atom stereocenters. The molecule has 0 saturated heterocycles. The maximum absolute atomic E-state index is 11.8. The number of aliphatic hydroxyl groups excluding tert-OH is 1. The third kappa shape index (κ3) is 2.90. The molecule has 1 aliphatic carbocycles. The van der Waals surface area contributed by atoms with Crippen LogP contribution in [0.3, 0.4) is 0 Å². The molecule has 1 fully saturated rings. The number of carbonyl (C=O) groups excluding carboxylic acids is 1. The molecular formula is C10H20N2O3. The second kappa shape index (κ2) is 4.92. The van der Waals surface area contributed by atoms with E-state index in [-0.39, 0.29) is 19.1 Å². The first kappa shape index (κ1) is 12.4. The summed E-state index contributed by atoms with van der Waals surface area (Å²) in [5.41, 5.74) is 5.21. The van der Waals surface area contributed by atoms with E-state index >= 15 is 0 Å². The molecule has 1 aliphatic rings. The largest absolute Gasteiger partial charge is 0.389 e. The van der Waals surface area contributed by atoms with Gasteiger partial charge in [0.15, 0.2) is 0 Å². The van der Waals surface area contributed by atoms with Crippen LogP contribution in [-0.4, -0.2) is 54.9 Å². The average Bonchev–Trinajstić information content (AvgIpc) is 2.13. The summed E-state index contributed by atoms with van der Waals surface area (Å²) >= 11 is 0. The number of hydrogen-bond donors (Lipinski definition) is 2. The monoisotopic (exact) mass is 216 g/mol. The number of methoxy groups -OCH3 is 1. The van der Waals surface area contributed by atoms with Crippen molar-refractivity contribution in [3.63, 3.8) is 0 Å². The van der Waals surface area contributed by atoms with E-state index in [0.29, 0.717) is 0 Å². The number of aliphatic hydroxyl groups is 1. The summed E-state index contributed by atoms with van der Waals surface area (Å²) in [6, 6.07) is 0. The standard InChI is InChI=1S/C10H20N2O3/c1-12(6-8(13)7-15-2)9(14)10(11)4-3-5-10/h8,13H,3-7,11H2,1-2H3. The Morgan fingerprint density at radius 3 is 2.67 bits per heavy atom. The van der Waals surface area contributed by atoms with Crippen LogP contribution < -0.4 is 5.73 Å². The summed E-state index contributed by atoms with van der Waals surface area (Å²) in [5, 5.41) is 9.47. The topological polar surface area (TPSA) is 75.8 Å². The van der Waals surface area contributed by atoms with E-state index in [1.165, 1.54) is 12.0 Å². The molecule has 15 heavy (non-hydrogen) atoms. The highest BCUT2D eigenvalue weighted by molar-refractivity contribution is 5.86. The normalized spacial score (nSPS) is 20.5. The molecule has 0 aliphatic heterocycles. The zero-order valence-electron chi connectivity index (χ0n) is 9.40. The Morgan fingerprint density at radius 1 is 1.67 bits per heavy atom. The Morgan fingerprint density at radius 2 is 2.27 bits per heavy atom. The van der Waals surface area contributed by atoms with E-state index in [9.17, 15) is 9.90 Å². The summed E-state index contributed by atoms with van der Waals surface area (Å²) in [5.74, 6) is -0.0797. The van der Waals surface area contributed by atoms with Crippen LogP contribution in [0.4, 0.5) is 0 Å². The van der Waals surface area contributed by atoms with Crippen LogP contribution in [0.1, 0.15) is 19.3 Å². The summed E-state index contributed by atoms with van der Waals surface area (Å²) in [7, 11) is 3.18. The molecule has 0 aromatic heterocycles. The summed E-state index contributed by atoms with van der Waals surface area (Å²) in [6.45, 7) is 0.501. The van der Waals surface area contributed by atoms with Crippen LogP contribution in [0.15, 0.2) is 0 Å². The zero-order valence-corrected chi connectivity index (χ0v) is 9.40. The summed E-state index contributed by atoms with van der Waals surface area (Å²) in [4.78, 5) is 13.3. The van der Waals surface area contributed by atoms with Crippen molar-refractivity contribution in [2.24, 2.45) is 5.73 Å². The van der Waals surface area contributed by atoms with Gasteiger partial charge in [0.1, 0.15) is 0 Å². The number of ether oxygens (including phenoxy) is 1. The molecule has 0 spiro atoms. The molecule has 0 bridgehead atoms. The summed E-state index contributed by atoms with van der Waals surface area (Å²) in [6.07, 6.45) is 1.86. The molecule has 1 amide bonds. The first-order chi connectivity index (χ1) is 6.99. The number of carbonyl (C=O) groups is 1. The van der Waals surface area contributed by atoms with Gasteiger partial charge in [0.2, 0.25) is 5.91 Å². The van der Waals surface area contributed by atoms with Gasteiger partial charge in [0.25, 0.3) is 0 Å². The van der Waals surface area contributed by atoms with Crippen LogP contribution in [0.2, 0.25) is 0 Å². The van der Waals surface area contributed by atoms with Gasteiger partial charge in [-0.1, -0.05) is 0 Å². The minimum Gasteiger partial charge on any atom is -0.389 e. The van der Waals surface area contributed by atoms with Gasteiger partial charge in [-0.3, -0.25) is 4.79 Å². The smallest absolute Gasteiger partial charge is 0.242 e. The van der Waals surface area contributed by atoms with Gasteiger partial charge in [-0.25, -0.2) is 0 Å². The van der Waals surface area contributed by atoms with Crippen molar-refractivity contribution < 1.29 is 14.6 Å². The minimum absolute atomic E-state index is 0.0797. The van der Waals surface area contributed by atoms with Gasteiger partial charge in [0, 0.05) is 20.7 Å². The predicted octanol–water partition coefficient (Wildman–Crippen LogP) is -0.666. The lowest BCUT2D eigenvalue weighted by Gasteiger charge is -2.39. The van der Waals surface area contributed by atoms with Crippen LogP contribution in [0.5, 0.6) is 0 Å². The van der Waals surface area contributed by atoms with E-state index in [0.717, 1.165) is 19.3 Å². The minimum atomic E-state index is -0.679. The summed E-state index contributed by atoms with van der Waals surface area (Å²) < 4.78 is 4.79. The molecule has 0 aromatic rings. The SMILES string of the molecule is COCC(O)CN(C)C(=O)C1(N)CCC1. The lowest BCUT2D eigenvalue weighted by molar-refractivity contribution is -0.140. The Kier molecular flexibility index (Phi) is 4.07. The average molecular weight is 216 g/mol. The zero-order chi connectivity index (χ0) is 11.5. The van der Waals surface area contributed by atoms with Crippen molar-refractivity contribution in [1.82, 2.24) is 4.90 Å². The van der Waals surface area contributed by atoms with Gasteiger partial charge in [-0.2, -0.15) is 0 Å². The Hall–Kier alpha value is -0.650. The second-order valence-corrected chi connectivity index (χ2v) is 4.30. The van der Waals surface area contributed by atoms with Crippen LogP contribution in [-0.2, 0) is 9.53 Å². The maximum atomic E-state index is 11.8. The van der Waals surface area contributed by atoms with Gasteiger partial charge in [0.05, 0.1) is 18.2 Å². The number of hydrogen-bond acceptors (Lipinski definition) is 4. The van der Waals surface area contributed by atoms with Gasteiger partial charge in [-0.05, 0) is 19.3 Å². The van der Waals surface area contributed by atoms with Crippen molar-refractivity contribution in [3.8, 4) is 0 Å². The first-order valence-electron chi connectivity index (χ1n) is 5.21. The molecule has 88 valence electrons. The van der Waals surface area contributed by atoms with Gasteiger partial charge in [-0.15, -0.1) is 0 Å². The predicted molar refractivity (Wildman–Crippen MR) is 56.3 cm³/mol. The molecule has 0 heterocycles. The number of nitrogens with two attached hydrogens (primary N) is 1. The van der Waals surface area contributed by atoms with Gasteiger partial charge >= 0.3 is 0 Å². The Labute approximate surface area is 90.2 Å². The highest BCUT2D eigenvalue weighted by Gasteiger charge is 2.41. The molecule has 0 aromatic carbocycles. The third-order valence-corrected chi connectivity index (χ3v) is 2.86. The fourth-order valence-electron chi connectivity index (χ4n) is 1.80. The van der Waals surface area contributed by atoms with Crippen molar-refractivity contribution >= 4 is 5.91 Å². The van der Waals surface area contributed by atoms with E-state index in [4.69, 9.17) is 10.5 Å². The van der Waals surface area contributed by atoms with Crippen LogP contribution in [0, 0.1) is 0 Å². The molecule has 3 N–H and O–H groups in total. The van der Waals surface area contributed by atoms with E-state index in [1.54, 1.807) is 7.05 Å². The molecule has 0 radical (unpaired) electrons. The van der Waals surface area contributed by atoms with Crippen LogP contribution in [0.25, 0.3) is 0 Å². The second-order valence-electron chi connectivity index (χ2n) is 4.30. The lowest BCUT2D eigenvalue weighted by Crippen LogP contribution is -2.59. The fourth-order valence-corrected chi connectivity index (χ4v) is 1.80. The Balaban J connectivity index is 2.39. The van der Waals surface area contributed by atoms with Crippen molar-refractivity contribution in [3.05, 3.63) is 0 Å². The highest BCUT2D eigenvalue weighted by atomic mass is 16.5. The molecule has 1 saturated carbocycles. The number of likely N-dealkylation sites (N-methyl/N-ethyl adjacent to an activating group) is 1. The van der Waals surface area contributed by atoms with E-state index < -0.39 is 11.6 Å². The van der Waals surface area contributed by atoms with E-state index in [2.05, 4.69) is 0 Å². The maximum Gasteiger partial charge on any atom is 0.242 e.